The van der Waals surface area contributed by atoms with E-state index in [9.17, 15) is 14.8 Å². The van der Waals surface area contributed by atoms with E-state index in [-0.39, 0.29) is 0 Å². The summed E-state index contributed by atoms with van der Waals surface area (Å²) in [6.07, 6.45) is -2.35. The monoisotopic (exact) mass is 423 g/mol. The van der Waals surface area contributed by atoms with Crippen molar-refractivity contribution < 1.29 is 33.8 Å². The molecule has 154 valence electrons. The average Bonchev–Trinajstić information content (AvgIpc) is 3.23. The first kappa shape index (κ1) is 19.9. The number of fused-ring (bicyclic) bond motifs is 1. The molecule has 1 saturated heterocycles. The van der Waals surface area contributed by atoms with Gasteiger partial charge < -0.3 is 30.1 Å². The van der Waals surface area contributed by atoms with Crippen LogP contribution in [0.1, 0.15) is 6.23 Å². The van der Waals surface area contributed by atoms with Gasteiger partial charge in [0.25, 0.3) is 0 Å². The predicted octanol–water partition coefficient (Wildman–Crippen LogP) is 0.298. The molecule has 1 fully saturated rings. The van der Waals surface area contributed by atoms with Crippen molar-refractivity contribution >= 4 is 30.5 Å². The molecule has 3 aromatic rings. The molecular formula is C16H18N5O7P. The highest BCUT2D eigenvalue weighted by Crippen LogP contribution is 2.39. The number of phosphoric ester groups is 1. The van der Waals surface area contributed by atoms with Crippen LogP contribution in [0.5, 0.6) is 0 Å². The summed E-state index contributed by atoms with van der Waals surface area (Å²) in [5, 5.41) is 23.6. The van der Waals surface area contributed by atoms with Gasteiger partial charge in [0.1, 0.15) is 24.6 Å². The fraction of sp³-hybridized carbons (Fsp3) is 0.312. The number of benzene rings is 1. The van der Waals surface area contributed by atoms with Gasteiger partial charge in [-0.05, 0) is 12.1 Å². The lowest BCUT2D eigenvalue weighted by Gasteiger charge is -2.16. The van der Waals surface area contributed by atoms with E-state index in [0.29, 0.717) is 17.0 Å². The van der Waals surface area contributed by atoms with Crippen LogP contribution in [-0.2, 0) is 13.8 Å². The van der Waals surface area contributed by atoms with Crippen molar-refractivity contribution in [1.82, 2.24) is 19.5 Å². The van der Waals surface area contributed by atoms with Crippen LogP contribution in [-0.4, -0.2) is 64.4 Å². The van der Waals surface area contributed by atoms with Crippen molar-refractivity contribution in [1.29, 1.82) is 0 Å². The second kappa shape index (κ2) is 7.76. The minimum Gasteiger partial charge on any atom is -0.387 e. The highest BCUT2D eigenvalue weighted by molar-refractivity contribution is 7.46. The van der Waals surface area contributed by atoms with E-state index in [2.05, 4.69) is 24.8 Å². The quantitative estimate of drug-likeness (QED) is 0.345. The van der Waals surface area contributed by atoms with Gasteiger partial charge in [-0.3, -0.25) is 9.09 Å². The van der Waals surface area contributed by atoms with E-state index in [1.807, 2.05) is 30.3 Å². The molecule has 1 unspecified atom stereocenters. The molecule has 3 heterocycles. The molecular weight excluding hydrogens is 405 g/mol. The molecule has 4 atom stereocenters. The highest BCUT2D eigenvalue weighted by atomic mass is 31.2. The van der Waals surface area contributed by atoms with Crippen LogP contribution in [0.3, 0.4) is 0 Å². The molecule has 2 aromatic heterocycles. The number of aliphatic hydroxyl groups is 2. The zero-order valence-corrected chi connectivity index (χ0v) is 15.7. The zero-order chi connectivity index (χ0) is 20.6. The van der Waals surface area contributed by atoms with Crippen LogP contribution >= 0.6 is 7.82 Å². The Morgan fingerprint density at radius 2 is 1.90 bits per heavy atom. The Labute approximate surface area is 164 Å². The van der Waals surface area contributed by atoms with E-state index in [1.54, 1.807) is 0 Å². The Bertz CT molecular complexity index is 1040. The highest BCUT2D eigenvalue weighted by Gasteiger charge is 2.45. The first-order chi connectivity index (χ1) is 13.8. The number of hydrogen-bond donors (Lipinski definition) is 5. The summed E-state index contributed by atoms with van der Waals surface area (Å²) in [5.74, 6) is 0.439. The first-order valence-electron chi connectivity index (χ1n) is 8.55. The number of aliphatic hydroxyl groups excluding tert-OH is 2. The summed E-state index contributed by atoms with van der Waals surface area (Å²) in [5.41, 5.74) is 1.55. The Kier molecular flexibility index (Phi) is 5.32. The Balaban J connectivity index is 1.60. The number of imidazole rings is 1. The van der Waals surface area contributed by atoms with Crippen molar-refractivity contribution in [2.45, 2.75) is 24.5 Å². The van der Waals surface area contributed by atoms with Crippen LogP contribution in [0, 0.1) is 0 Å². The number of rotatable bonds is 6. The molecule has 0 amide bonds. The summed E-state index contributed by atoms with van der Waals surface area (Å²) in [6, 6.07) is 9.33. The number of hydrogen-bond acceptors (Lipinski definition) is 9. The topological polar surface area (TPSA) is 172 Å². The number of nitrogens with zero attached hydrogens (tertiary/aromatic N) is 4. The van der Waals surface area contributed by atoms with Crippen molar-refractivity contribution in [3.8, 4) is 0 Å². The van der Waals surface area contributed by atoms with Crippen molar-refractivity contribution in [2.75, 3.05) is 11.9 Å². The van der Waals surface area contributed by atoms with Crippen LogP contribution < -0.4 is 5.32 Å². The second-order valence-electron chi connectivity index (χ2n) is 6.37. The maximum Gasteiger partial charge on any atom is 0.469 e. The minimum absolute atomic E-state index is 0.339. The first-order valence-corrected chi connectivity index (χ1v) is 10.1. The van der Waals surface area contributed by atoms with Crippen LogP contribution in [0.15, 0.2) is 43.0 Å². The fourth-order valence-electron chi connectivity index (χ4n) is 3.06. The Morgan fingerprint density at radius 3 is 2.62 bits per heavy atom. The van der Waals surface area contributed by atoms with Gasteiger partial charge in [0, 0.05) is 5.69 Å². The van der Waals surface area contributed by atoms with Crippen LogP contribution in [0.4, 0.5) is 11.5 Å². The lowest BCUT2D eigenvalue weighted by Crippen LogP contribution is -2.33. The third kappa shape index (κ3) is 4.14. The van der Waals surface area contributed by atoms with Gasteiger partial charge >= 0.3 is 7.82 Å². The van der Waals surface area contributed by atoms with Gasteiger partial charge in [-0.1, -0.05) is 18.2 Å². The normalized spacial score (nSPS) is 24.8. The number of nitrogens with one attached hydrogen (secondary N) is 1. The average molecular weight is 423 g/mol. The maximum absolute atomic E-state index is 10.9. The number of anilines is 2. The number of para-hydroxylation sites is 1. The SMILES string of the molecule is O=P(O)(O)OC[C@H]1O[C@@H](n2cnc3c(Nc4ccccc4)ncnc32)C(O)[C@H]1O. The zero-order valence-electron chi connectivity index (χ0n) is 14.8. The Morgan fingerprint density at radius 1 is 1.14 bits per heavy atom. The van der Waals surface area contributed by atoms with E-state index < -0.39 is 39.0 Å². The molecule has 0 bridgehead atoms. The van der Waals surface area contributed by atoms with Crippen molar-refractivity contribution in [3.63, 3.8) is 0 Å². The molecule has 13 heteroatoms. The van der Waals surface area contributed by atoms with Gasteiger partial charge in [0.05, 0.1) is 12.9 Å². The van der Waals surface area contributed by atoms with Crippen LogP contribution in [0.25, 0.3) is 11.2 Å². The smallest absolute Gasteiger partial charge is 0.387 e. The van der Waals surface area contributed by atoms with Gasteiger partial charge in [0.2, 0.25) is 0 Å². The van der Waals surface area contributed by atoms with E-state index in [4.69, 9.17) is 14.5 Å². The predicted molar refractivity (Wildman–Crippen MR) is 99.0 cm³/mol. The fourth-order valence-corrected chi connectivity index (χ4v) is 3.40. The molecule has 1 aliphatic rings. The minimum atomic E-state index is -4.74. The molecule has 0 radical (unpaired) electrons. The summed E-state index contributed by atoms with van der Waals surface area (Å²) in [4.78, 5) is 30.3. The lowest BCUT2D eigenvalue weighted by atomic mass is 10.1. The van der Waals surface area contributed by atoms with Gasteiger partial charge in [-0.25, -0.2) is 19.5 Å². The molecule has 4 rings (SSSR count). The number of aromatic nitrogens is 4. The summed E-state index contributed by atoms with van der Waals surface area (Å²) >= 11 is 0. The van der Waals surface area contributed by atoms with Crippen molar-refractivity contribution in [3.05, 3.63) is 43.0 Å². The van der Waals surface area contributed by atoms with Gasteiger partial charge in [0.15, 0.2) is 23.2 Å². The van der Waals surface area contributed by atoms with Gasteiger partial charge in [-0.15, -0.1) is 0 Å². The maximum atomic E-state index is 10.9. The van der Waals surface area contributed by atoms with E-state index in [0.717, 1.165) is 5.69 Å². The second-order valence-corrected chi connectivity index (χ2v) is 7.61. The standard InChI is InChI=1S/C16H18N5O7P/c22-12-10(6-27-29(24,25)26)28-16(13(12)23)21-8-19-11-14(17-7-18-15(11)21)20-9-4-2-1-3-5-9/h1-5,7-8,10,12-13,16,22-23H,6H2,(H,17,18,20)(H2,24,25,26)/t10-,12+,13?,16-/m1/s1. The molecule has 29 heavy (non-hydrogen) atoms. The molecule has 0 saturated carbocycles. The molecule has 0 aliphatic carbocycles. The van der Waals surface area contributed by atoms with Crippen LogP contribution in [0.2, 0.25) is 0 Å². The number of phosphoric acid groups is 1. The third-order valence-electron chi connectivity index (χ3n) is 4.41. The number of ether oxygens (including phenoxy) is 1. The van der Waals surface area contributed by atoms with E-state index >= 15 is 0 Å². The lowest BCUT2D eigenvalue weighted by molar-refractivity contribution is -0.0504. The summed E-state index contributed by atoms with van der Waals surface area (Å²) in [6.45, 7) is -0.596. The Hall–Kier alpha value is -2.44. The molecule has 0 spiro atoms. The molecule has 5 N–H and O–H groups in total. The van der Waals surface area contributed by atoms with E-state index in [1.165, 1.54) is 17.2 Å². The molecule has 12 nitrogen and oxygen atoms in total. The third-order valence-corrected chi connectivity index (χ3v) is 4.90. The summed E-state index contributed by atoms with van der Waals surface area (Å²) < 4.78 is 22.2. The van der Waals surface area contributed by atoms with Gasteiger partial charge in [-0.2, -0.15) is 0 Å². The molecule has 1 aliphatic heterocycles. The molecule has 1 aromatic carbocycles. The largest absolute Gasteiger partial charge is 0.469 e. The van der Waals surface area contributed by atoms with Crippen molar-refractivity contribution in [2.24, 2.45) is 0 Å². The summed E-state index contributed by atoms with van der Waals surface area (Å²) in [7, 11) is -4.74.